The van der Waals surface area contributed by atoms with Gasteiger partial charge in [0.1, 0.15) is 11.7 Å². The molecule has 8 nitrogen and oxygen atoms in total. The lowest BCUT2D eigenvalue weighted by atomic mass is 9.48. The number of halogens is 3. The molecule has 6 rings (SSSR count). The number of ether oxygens (including phenoxy) is 3. The number of carbonyl (C=O) groups excluding carboxylic acids is 3. The van der Waals surface area contributed by atoms with E-state index in [9.17, 15) is 27.6 Å². The number of carbonyl (C=O) groups is 3. The number of alkyl halides is 3. The van der Waals surface area contributed by atoms with Crippen molar-refractivity contribution in [2.24, 2.45) is 5.92 Å². The SMILES string of the molecule is C=CCN1CC[C@]23c4c5ccc(OC(C)=O)c4OC2C(N(CC(C)C)C(=O)CCc2ccc(C(F)(F)F)cc2)CC[C@@]3(OC(C)=O)[C@H]1C5. The topological polar surface area (TPSA) is 85.4 Å². The molecular weight excluding hydrogens is 625 g/mol. The van der Waals surface area contributed by atoms with E-state index in [1.807, 2.05) is 30.9 Å². The number of benzene rings is 2. The third-order valence-corrected chi connectivity index (χ3v) is 10.6. The average molecular weight is 669 g/mol. The molecule has 5 atom stereocenters. The zero-order chi connectivity index (χ0) is 34.6. The van der Waals surface area contributed by atoms with Crippen molar-refractivity contribution in [3.05, 3.63) is 71.3 Å². The molecule has 1 amide bonds. The summed E-state index contributed by atoms with van der Waals surface area (Å²) in [5, 5.41) is 0. The van der Waals surface area contributed by atoms with Crippen molar-refractivity contribution in [1.29, 1.82) is 0 Å². The first kappa shape index (κ1) is 34.0. The lowest BCUT2D eigenvalue weighted by molar-refractivity contribution is -0.223. The number of hydrogen-bond donors (Lipinski definition) is 0. The first-order chi connectivity index (χ1) is 22.7. The molecule has 1 spiro atoms. The summed E-state index contributed by atoms with van der Waals surface area (Å²) in [6.07, 6.45) is -0.592. The van der Waals surface area contributed by atoms with E-state index in [0.29, 0.717) is 62.4 Å². The van der Waals surface area contributed by atoms with Crippen LogP contribution in [0.25, 0.3) is 0 Å². The van der Waals surface area contributed by atoms with Crippen LogP contribution in [0.15, 0.2) is 49.1 Å². The van der Waals surface area contributed by atoms with E-state index in [4.69, 9.17) is 14.2 Å². The summed E-state index contributed by atoms with van der Waals surface area (Å²) in [5.74, 6) is -0.121. The maximum atomic E-state index is 14.2. The largest absolute Gasteiger partial charge is 0.483 e. The smallest absolute Gasteiger partial charge is 0.416 e. The van der Waals surface area contributed by atoms with Gasteiger partial charge < -0.3 is 19.1 Å². The Morgan fingerprint density at radius 2 is 1.83 bits per heavy atom. The molecule has 0 radical (unpaired) electrons. The predicted octanol–water partition coefficient (Wildman–Crippen LogP) is 6.03. The number of esters is 2. The van der Waals surface area contributed by atoms with Crippen LogP contribution < -0.4 is 9.47 Å². The minimum Gasteiger partial charge on any atom is -0.483 e. The molecule has 2 aromatic rings. The summed E-state index contributed by atoms with van der Waals surface area (Å²) in [6.45, 7) is 12.6. The van der Waals surface area contributed by atoms with Gasteiger partial charge in [0.25, 0.3) is 0 Å². The van der Waals surface area contributed by atoms with E-state index in [0.717, 1.165) is 23.3 Å². The second kappa shape index (κ2) is 12.5. The van der Waals surface area contributed by atoms with E-state index in [2.05, 4.69) is 11.5 Å². The number of aryl methyl sites for hydroxylation is 1. The van der Waals surface area contributed by atoms with Crippen LogP contribution in [0.5, 0.6) is 11.5 Å². The van der Waals surface area contributed by atoms with Gasteiger partial charge in [0.15, 0.2) is 11.5 Å². The first-order valence-corrected chi connectivity index (χ1v) is 16.7. The number of rotatable bonds is 10. The molecule has 2 unspecified atom stereocenters. The molecule has 2 aromatic carbocycles. The molecule has 0 N–H and O–H groups in total. The summed E-state index contributed by atoms with van der Waals surface area (Å²) in [5.41, 5.74) is 0.0737. The second-order valence-electron chi connectivity index (χ2n) is 14.0. The summed E-state index contributed by atoms with van der Waals surface area (Å²) >= 11 is 0. The fraction of sp³-hybridized carbons (Fsp3) is 0.541. The fourth-order valence-corrected chi connectivity index (χ4v) is 9.04. The zero-order valence-electron chi connectivity index (χ0n) is 27.9. The molecule has 11 heteroatoms. The minimum absolute atomic E-state index is 0.107. The average Bonchev–Trinajstić information content (AvgIpc) is 3.36. The van der Waals surface area contributed by atoms with Gasteiger partial charge in [-0.1, -0.05) is 38.1 Å². The fourth-order valence-electron chi connectivity index (χ4n) is 9.04. The standard InChI is InChI=1S/C37H43F3N2O6/c1-6-18-41-19-17-35-32-26-10-13-29(46-23(4)43)33(32)47-34(35)28(15-16-36(35,30(41)20-26)48-24(5)44)42(21-22(2)3)31(45)14-9-25-7-11-27(12-8-25)37(38,39)40/h6-8,10-13,22,28,30,34H,1,9,14-21H2,2-5H3/t28?,30-,34?,35+,36-/m1/s1. The number of amides is 1. The third kappa shape index (κ3) is 5.57. The highest BCUT2D eigenvalue weighted by molar-refractivity contribution is 5.78. The van der Waals surface area contributed by atoms with Crippen molar-refractivity contribution in [3.63, 3.8) is 0 Å². The van der Waals surface area contributed by atoms with Gasteiger partial charge in [0, 0.05) is 45.5 Å². The molecule has 258 valence electrons. The van der Waals surface area contributed by atoms with Crippen LogP contribution in [-0.2, 0) is 43.6 Å². The Labute approximate surface area is 279 Å². The van der Waals surface area contributed by atoms with Gasteiger partial charge in [-0.2, -0.15) is 13.2 Å². The van der Waals surface area contributed by atoms with Gasteiger partial charge in [0.2, 0.25) is 5.91 Å². The quantitative estimate of drug-likeness (QED) is 0.174. The molecule has 2 bridgehead atoms. The second-order valence-corrected chi connectivity index (χ2v) is 14.0. The van der Waals surface area contributed by atoms with Gasteiger partial charge >= 0.3 is 18.1 Å². The summed E-state index contributed by atoms with van der Waals surface area (Å²) in [7, 11) is 0. The molecule has 1 saturated carbocycles. The number of piperidine rings is 1. The summed E-state index contributed by atoms with van der Waals surface area (Å²) in [6, 6.07) is 8.09. The molecule has 48 heavy (non-hydrogen) atoms. The van der Waals surface area contributed by atoms with Crippen molar-refractivity contribution in [2.75, 3.05) is 19.6 Å². The molecule has 2 aliphatic heterocycles. The van der Waals surface area contributed by atoms with Crippen LogP contribution in [-0.4, -0.2) is 71.1 Å². The Bertz CT molecular complexity index is 1610. The lowest BCUT2D eigenvalue weighted by Gasteiger charge is -2.65. The van der Waals surface area contributed by atoms with Gasteiger partial charge in [-0.15, -0.1) is 6.58 Å². The van der Waals surface area contributed by atoms with Gasteiger partial charge in [-0.25, -0.2) is 0 Å². The molecule has 4 aliphatic rings. The Morgan fingerprint density at radius 3 is 2.46 bits per heavy atom. The van der Waals surface area contributed by atoms with Crippen molar-refractivity contribution in [1.82, 2.24) is 9.80 Å². The minimum atomic E-state index is -4.43. The Balaban J connectivity index is 1.41. The van der Waals surface area contributed by atoms with Crippen molar-refractivity contribution < 1.29 is 41.8 Å². The highest BCUT2D eigenvalue weighted by atomic mass is 19.4. The summed E-state index contributed by atoms with van der Waals surface area (Å²) < 4.78 is 58.5. The van der Waals surface area contributed by atoms with Crippen molar-refractivity contribution in [3.8, 4) is 11.5 Å². The molecule has 2 fully saturated rings. The van der Waals surface area contributed by atoms with Crippen LogP contribution in [0.3, 0.4) is 0 Å². The van der Waals surface area contributed by atoms with Gasteiger partial charge in [0.05, 0.1) is 23.1 Å². The maximum Gasteiger partial charge on any atom is 0.416 e. The van der Waals surface area contributed by atoms with Crippen LogP contribution in [0.2, 0.25) is 0 Å². The molecule has 2 aliphatic carbocycles. The Morgan fingerprint density at radius 1 is 1.10 bits per heavy atom. The van der Waals surface area contributed by atoms with Crippen LogP contribution >= 0.6 is 0 Å². The maximum absolute atomic E-state index is 14.2. The van der Waals surface area contributed by atoms with E-state index < -0.39 is 46.8 Å². The van der Waals surface area contributed by atoms with Gasteiger partial charge in [-0.3, -0.25) is 19.3 Å². The monoisotopic (exact) mass is 668 g/mol. The van der Waals surface area contributed by atoms with E-state index in [1.165, 1.54) is 26.0 Å². The van der Waals surface area contributed by atoms with Crippen molar-refractivity contribution in [2.45, 2.75) is 102 Å². The van der Waals surface area contributed by atoms with Crippen LogP contribution in [0.4, 0.5) is 13.2 Å². The van der Waals surface area contributed by atoms with Crippen LogP contribution in [0, 0.1) is 5.92 Å². The first-order valence-electron chi connectivity index (χ1n) is 16.7. The summed E-state index contributed by atoms with van der Waals surface area (Å²) in [4.78, 5) is 43.6. The Kier molecular flexibility index (Phi) is 8.89. The normalized spacial score (nSPS) is 27.1. The van der Waals surface area contributed by atoms with E-state index in [1.54, 1.807) is 6.07 Å². The number of hydrogen-bond acceptors (Lipinski definition) is 7. The Hall–Kier alpha value is -3.86. The van der Waals surface area contributed by atoms with Crippen LogP contribution in [0.1, 0.15) is 75.6 Å². The predicted molar refractivity (Wildman–Crippen MR) is 172 cm³/mol. The third-order valence-electron chi connectivity index (χ3n) is 10.6. The van der Waals surface area contributed by atoms with Crippen molar-refractivity contribution >= 4 is 17.8 Å². The molecule has 1 saturated heterocycles. The highest BCUT2D eigenvalue weighted by Gasteiger charge is 2.75. The highest BCUT2D eigenvalue weighted by Crippen LogP contribution is 2.67. The van der Waals surface area contributed by atoms with Gasteiger partial charge in [-0.05, 0) is 67.3 Å². The number of nitrogens with zero attached hydrogens (tertiary/aromatic N) is 2. The molecular formula is C37H43F3N2O6. The number of likely N-dealkylation sites (tertiary alicyclic amines) is 1. The van der Waals surface area contributed by atoms with E-state index >= 15 is 0 Å². The lowest BCUT2D eigenvalue weighted by Crippen LogP contribution is -2.79. The zero-order valence-corrected chi connectivity index (χ0v) is 27.9. The molecule has 2 heterocycles. The molecule has 0 aromatic heterocycles. The van der Waals surface area contributed by atoms with E-state index in [-0.39, 0.29) is 30.7 Å².